The van der Waals surface area contributed by atoms with Gasteiger partial charge in [-0.2, -0.15) is 0 Å². The lowest BCUT2D eigenvalue weighted by molar-refractivity contribution is -0.651. The van der Waals surface area contributed by atoms with Crippen molar-refractivity contribution in [2.24, 2.45) is 0 Å². The molecule has 1 aromatic rings. The molecule has 1 atom stereocenters. The summed E-state index contributed by atoms with van der Waals surface area (Å²) in [5.74, 6) is 1.94. The van der Waals surface area contributed by atoms with Gasteiger partial charge < -0.3 is 36.7 Å². The standard InChI is InChI=1S/C12H17NO4.ClH/c1-14-9-4-8(11-6-13-7-17-11)5-10(15-2)12(9)16-3;/h4-5,11,13H,6-7H2,1-3H3;1H. The van der Waals surface area contributed by atoms with Crippen LogP contribution in [-0.2, 0) is 4.74 Å². The quantitative estimate of drug-likeness (QED) is 0.650. The fraction of sp³-hybridized carbons (Fsp3) is 0.500. The van der Waals surface area contributed by atoms with Crippen molar-refractivity contribution in [1.29, 1.82) is 0 Å². The van der Waals surface area contributed by atoms with Crippen molar-refractivity contribution in [3.05, 3.63) is 17.7 Å². The molecule has 0 spiro atoms. The summed E-state index contributed by atoms with van der Waals surface area (Å²) < 4.78 is 21.5. The first-order valence-corrected chi connectivity index (χ1v) is 5.53. The number of hydrogen-bond acceptors (Lipinski definition) is 4. The molecule has 1 fully saturated rings. The van der Waals surface area contributed by atoms with Crippen molar-refractivity contribution in [2.75, 3.05) is 34.6 Å². The fourth-order valence-corrected chi connectivity index (χ4v) is 1.99. The average molecular weight is 276 g/mol. The number of methoxy groups -OCH3 is 3. The normalized spacial score (nSPS) is 18.1. The lowest BCUT2D eigenvalue weighted by atomic mass is 10.1. The Kier molecular flexibility index (Phi) is 5.53. The van der Waals surface area contributed by atoms with Crippen LogP contribution < -0.4 is 31.9 Å². The molecule has 0 bridgehead atoms. The van der Waals surface area contributed by atoms with E-state index in [9.17, 15) is 0 Å². The van der Waals surface area contributed by atoms with Gasteiger partial charge in [0.1, 0.15) is 12.6 Å². The topological polar surface area (TPSA) is 53.5 Å². The SMILES string of the molecule is COc1cc(C2C[NH2+]CO2)cc(OC)c1OC.[Cl-]. The summed E-state index contributed by atoms with van der Waals surface area (Å²) in [7, 11) is 4.82. The van der Waals surface area contributed by atoms with Crippen LogP contribution in [-0.4, -0.2) is 34.6 Å². The van der Waals surface area contributed by atoms with E-state index in [1.165, 1.54) is 0 Å². The molecule has 0 aromatic heterocycles. The van der Waals surface area contributed by atoms with Gasteiger partial charge in [-0.25, -0.2) is 0 Å². The molecule has 0 amide bonds. The van der Waals surface area contributed by atoms with Gasteiger partial charge in [-0.15, -0.1) is 0 Å². The van der Waals surface area contributed by atoms with E-state index in [1.54, 1.807) is 21.3 Å². The molecule has 18 heavy (non-hydrogen) atoms. The molecule has 1 saturated heterocycles. The van der Waals surface area contributed by atoms with E-state index in [2.05, 4.69) is 5.32 Å². The number of rotatable bonds is 4. The molecule has 1 aliphatic rings. The highest BCUT2D eigenvalue weighted by atomic mass is 35.5. The lowest BCUT2D eigenvalue weighted by Crippen LogP contribution is -3.00. The Morgan fingerprint density at radius 1 is 1.11 bits per heavy atom. The monoisotopic (exact) mass is 275 g/mol. The van der Waals surface area contributed by atoms with Gasteiger partial charge in [0, 0.05) is 0 Å². The van der Waals surface area contributed by atoms with E-state index in [0.29, 0.717) is 24.0 Å². The second-order valence-electron chi connectivity index (χ2n) is 3.81. The minimum Gasteiger partial charge on any atom is -1.00 e. The van der Waals surface area contributed by atoms with Crippen LogP contribution in [0.25, 0.3) is 0 Å². The van der Waals surface area contributed by atoms with Crippen molar-refractivity contribution in [1.82, 2.24) is 0 Å². The van der Waals surface area contributed by atoms with Crippen molar-refractivity contribution >= 4 is 0 Å². The third kappa shape index (κ3) is 2.80. The number of halogens is 1. The summed E-state index contributed by atoms with van der Waals surface area (Å²) in [5.41, 5.74) is 1.05. The zero-order chi connectivity index (χ0) is 12.3. The highest BCUT2D eigenvalue weighted by Gasteiger charge is 2.24. The Labute approximate surface area is 113 Å². The first kappa shape index (κ1) is 14.9. The van der Waals surface area contributed by atoms with E-state index >= 15 is 0 Å². The number of nitrogens with two attached hydrogens (primary N) is 1. The molecular weight excluding hydrogens is 258 g/mol. The van der Waals surface area contributed by atoms with Crippen molar-refractivity contribution < 1.29 is 36.7 Å². The van der Waals surface area contributed by atoms with Crippen LogP contribution in [0.2, 0.25) is 0 Å². The van der Waals surface area contributed by atoms with Crippen LogP contribution in [0.1, 0.15) is 11.7 Å². The van der Waals surface area contributed by atoms with E-state index in [0.717, 1.165) is 12.1 Å². The zero-order valence-corrected chi connectivity index (χ0v) is 11.5. The third-order valence-corrected chi connectivity index (χ3v) is 2.85. The molecule has 1 unspecified atom stereocenters. The summed E-state index contributed by atoms with van der Waals surface area (Å²) >= 11 is 0. The molecule has 1 aliphatic heterocycles. The van der Waals surface area contributed by atoms with Gasteiger partial charge in [-0.3, -0.25) is 0 Å². The first-order valence-electron chi connectivity index (χ1n) is 5.53. The second-order valence-corrected chi connectivity index (χ2v) is 3.81. The summed E-state index contributed by atoms with van der Waals surface area (Å²) in [5, 5.41) is 2.12. The molecule has 0 saturated carbocycles. The van der Waals surface area contributed by atoms with Gasteiger partial charge in [0.15, 0.2) is 18.2 Å². The van der Waals surface area contributed by atoms with Gasteiger partial charge >= 0.3 is 0 Å². The fourth-order valence-electron chi connectivity index (χ4n) is 1.99. The predicted octanol–water partition coefficient (Wildman–Crippen LogP) is -2.69. The van der Waals surface area contributed by atoms with Gasteiger partial charge in [0.2, 0.25) is 5.75 Å². The number of quaternary nitrogens is 1. The largest absolute Gasteiger partial charge is 1.00 e. The minimum absolute atomic E-state index is 0. The average Bonchev–Trinajstić information content (AvgIpc) is 2.90. The second kappa shape index (κ2) is 6.68. The smallest absolute Gasteiger partial charge is 0.203 e. The van der Waals surface area contributed by atoms with Crippen LogP contribution in [0.15, 0.2) is 12.1 Å². The van der Waals surface area contributed by atoms with Crippen LogP contribution >= 0.6 is 0 Å². The molecular formula is C12H18ClNO4. The van der Waals surface area contributed by atoms with Crippen LogP contribution in [0.5, 0.6) is 17.2 Å². The summed E-state index contributed by atoms with van der Waals surface area (Å²) in [4.78, 5) is 0. The van der Waals surface area contributed by atoms with Crippen molar-refractivity contribution in [3.8, 4) is 17.2 Å². The van der Waals surface area contributed by atoms with Crippen LogP contribution in [0.3, 0.4) is 0 Å². The number of hydrogen-bond donors (Lipinski definition) is 1. The van der Waals surface area contributed by atoms with Crippen molar-refractivity contribution in [2.45, 2.75) is 6.10 Å². The Hall–Kier alpha value is -1.17. The Morgan fingerprint density at radius 3 is 2.11 bits per heavy atom. The van der Waals surface area contributed by atoms with Gasteiger partial charge in [0.25, 0.3) is 0 Å². The third-order valence-electron chi connectivity index (χ3n) is 2.85. The maximum atomic E-state index is 5.60. The summed E-state index contributed by atoms with van der Waals surface area (Å²) in [6, 6.07) is 3.87. The molecule has 102 valence electrons. The van der Waals surface area contributed by atoms with Gasteiger partial charge in [-0.05, 0) is 17.7 Å². The van der Waals surface area contributed by atoms with Crippen molar-refractivity contribution in [3.63, 3.8) is 0 Å². The Bertz CT molecular complexity index is 369. The van der Waals surface area contributed by atoms with E-state index in [-0.39, 0.29) is 18.5 Å². The molecule has 6 heteroatoms. The Balaban J connectivity index is 0.00000162. The molecule has 1 aromatic carbocycles. The highest BCUT2D eigenvalue weighted by Crippen LogP contribution is 2.40. The van der Waals surface area contributed by atoms with E-state index < -0.39 is 0 Å². The number of benzene rings is 1. The molecule has 0 radical (unpaired) electrons. The summed E-state index contributed by atoms with van der Waals surface area (Å²) in [6.45, 7) is 1.61. The van der Waals surface area contributed by atoms with Gasteiger partial charge in [-0.1, -0.05) is 0 Å². The predicted molar refractivity (Wildman–Crippen MR) is 61.6 cm³/mol. The van der Waals surface area contributed by atoms with E-state index in [4.69, 9.17) is 18.9 Å². The van der Waals surface area contributed by atoms with Crippen LogP contribution in [0.4, 0.5) is 0 Å². The highest BCUT2D eigenvalue weighted by molar-refractivity contribution is 5.54. The molecule has 0 aliphatic carbocycles. The van der Waals surface area contributed by atoms with Crippen LogP contribution in [0, 0.1) is 0 Å². The molecule has 2 rings (SSSR count). The Morgan fingerprint density at radius 2 is 1.72 bits per heavy atom. The molecule has 2 N–H and O–H groups in total. The van der Waals surface area contributed by atoms with E-state index in [1.807, 2.05) is 12.1 Å². The molecule has 5 nitrogen and oxygen atoms in total. The minimum atomic E-state index is 0. The summed E-state index contributed by atoms with van der Waals surface area (Å²) in [6.07, 6.45) is 0.0868. The molecule has 1 heterocycles. The zero-order valence-electron chi connectivity index (χ0n) is 10.7. The van der Waals surface area contributed by atoms with Gasteiger partial charge in [0.05, 0.1) is 21.3 Å². The first-order chi connectivity index (χ1) is 8.30. The lowest BCUT2D eigenvalue weighted by Gasteiger charge is -2.15. The maximum Gasteiger partial charge on any atom is 0.203 e. The number of ether oxygens (including phenoxy) is 4. The maximum absolute atomic E-state index is 5.60.